The van der Waals surface area contributed by atoms with Gasteiger partial charge in [-0.05, 0) is 37.3 Å². The van der Waals surface area contributed by atoms with E-state index in [2.05, 4.69) is 5.32 Å². The number of amides is 2. The van der Waals surface area contributed by atoms with Crippen molar-refractivity contribution >= 4 is 17.5 Å². The lowest BCUT2D eigenvalue weighted by atomic mass is 9.95. The highest BCUT2D eigenvalue weighted by atomic mass is 16.6. The molecule has 0 saturated heterocycles. The van der Waals surface area contributed by atoms with Crippen molar-refractivity contribution in [1.29, 1.82) is 0 Å². The van der Waals surface area contributed by atoms with Crippen LogP contribution in [0.5, 0.6) is 11.5 Å². The number of rotatable bonds is 5. The number of carbonyl (C=O) groups is 2. The summed E-state index contributed by atoms with van der Waals surface area (Å²) in [6.45, 7) is 8.83. The van der Waals surface area contributed by atoms with Crippen molar-refractivity contribution in [2.75, 3.05) is 25.0 Å². The number of fused-ring (bicyclic) bond motifs is 1. The van der Waals surface area contributed by atoms with Gasteiger partial charge in [0.2, 0.25) is 5.91 Å². The summed E-state index contributed by atoms with van der Waals surface area (Å²) in [4.78, 5) is 27.0. The number of hydrogen-bond donors (Lipinski definition) is 1. The van der Waals surface area contributed by atoms with E-state index in [1.54, 1.807) is 29.2 Å². The van der Waals surface area contributed by atoms with Crippen molar-refractivity contribution in [3.8, 4) is 11.5 Å². The largest absolute Gasteiger partial charge is 0.486 e. The van der Waals surface area contributed by atoms with Crippen molar-refractivity contribution < 1.29 is 19.1 Å². The maximum absolute atomic E-state index is 13.0. The lowest BCUT2D eigenvalue weighted by Gasteiger charge is -2.31. The molecule has 6 nitrogen and oxygen atoms in total. The van der Waals surface area contributed by atoms with Gasteiger partial charge in [-0.15, -0.1) is 0 Å². The predicted octanol–water partition coefficient (Wildman–Crippen LogP) is 3.97. The monoisotopic (exact) mass is 396 g/mol. The topological polar surface area (TPSA) is 67.9 Å². The second-order valence-corrected chi connectivity index (χ2v) is 8.13. The zero-order chi connectivity index (χ0) is 21.0. The number of carbonyl (C=O) groups excluding carboxylic acids is 2. The number of likely N-dealkylation sites (N-methyl/N-ethyl adjacent to an activating group) is 1. The molecule has 1 unspecified atom stereocenters. The molecule has 154 valence electrons. The fourth-order valence-corrected chi connectivity index (χ4v) is 2.99. The molecule has 0 bridgehead atoms. The summed E-state index contributed by atoms with van der Waals surface area (Å²) in [5.41, 5.74) is 0.623. The summed E-state index contributed by atoms with van der Waals surface area (Å²) in [6.07, 6.45) is -0.238. The molecule has 6 heteroatoms. The van der Waals surface area contributed by atoms with Gasteiger partial charge in [0.1, 0.15) is 6.61 Å². The van der Waals surface area contributed by atoms with Gasteiger partial charge >= 0.3 is 0 Å². The zero-order valence-corrected chi connectivity index (χ0v) is 17.4. The summed E-state index contributed by atoms with van der Waals surface area (Å²) in [5, 5.41) is 2.87. The number of ether oxygens (including phenoxy) is 2. The first kappa shape index (κ1) is 20.7. The predicted molar refractivity (Wildman–Crippen MR) is 112 cm³/mol. The van der Waals surface area contributed by atoms with Gasteiger partial charge < -0.3 is 19.7 Å². The second kappa shape index (κ2) is 8.55. The van der Waals surface area contributed by atoms with Crippen molar-refractivity contribution in [3.05, 3.63) is 54.1 Å². The van der Waals surface area contributed by atoms with E-state index in [1.807, 2.05) is 52.0 Å². The summed E-state index contributed by atoms with van der Waals surface area (Å²) in [7, 11) is 0. The summed E-state index contributed by atoms with van der Waals surface area (Å²) >= 11 is 0. The fourth-order valence-electron chi connectivity index (χ4n) is 2.99. The van der Waals surface area contributed by atoms with Crippen LogP contribution in [0.4, 0.5) is 5.69 Å². The van der Waals surface area contributed by atoms with Gasteiger partial charge in [0, 0.05) is 23.2 Å². The van der Waals surface area contributed by atoms with Crippen molar-refractivity contribution in [2.45, 2.75) is 33.8 Å². The number of para-hydroxylation sites is 2. The molecular formula is C23H28N2O4. The van der Waals surface area contributed by atoms with Crippen LogP contribution in [0.3, 0.4) is 0 Å². The normalized spacial score (nSPS) is 15.5. The molecule has 0 saturated carbocycles. The highest BCUT2D eigenvalue weighted by molar-refractivity contribution is 5.98. The maximum atomic E-state index is 13.0. The first-order valence-corrected chi connectivity index (χ1v) is 9.87. The Labute approximate surface area is 171 Å². The lowest BCUT2D eigenvalue weighted by Crippen LogP contribution is -2.43. The van der Waals surface area contributed by atoms with Gasteiger partial charge in [-0.25, -0.2) is 0 Å². The van der Waals surface area contributed by atoms with E-state index in [-0.39, 0.29) is 17.9 Å². The van der Waals surface area contributed by atoms with E-state index < -0.39 is 5.41 Å². The van der Waals surface area contributed by atoms with Crippen LogP contribution in [0, 0.1) is 5.41 Å². The Morgan fingerprint density at radius 3 is 2.52 bits per heavy atom. The third kappa shape index (κ3) is 5.08. The number of anilines is 1. The molecule has 3 rings (SSSR count). The molecule has 0 spiro atoms. The van der Waals surface area contributed by atoms with Gasteiger partial charge in [-0.3, -0.25) is 9.59 Å². The second-order valence-electron chi connectivity index (χ2n) is 8.13. The molecule has 0 aliphatic carbocycles. The summed E-state index contributed by atoms with van der Waals surface area (Å²) < 4.78 is 11.7. The first-order chi connectivity index (χ1) is 13.8. The minimum absolute atomic E-state index is 0.0964. The summed E-state index contributed by atoms with van der Waals surface area (Å²) in [6, 6.07) is 14.5. The highest BCUT2D eigenvalue weighted by Gasteiger charge is 2.26. The highest BCUT2D eigenvalue weighted by Crippen LogP contribution is 2.31. The maximum Gasteiger partial charge on any atom is 0.254 e. The Morgan fingerprint density at radius 1 is 1.10 bits per heavy atom. The average molecular weight is 396 g/mol. The van der Waals surface area contributed by atoms with E-state index in [1.165, 1.54) is 0 Å². The van der Waals surface area contributed by atoms with Crippen LogP contribution in [0.2, 0.25) is 0 Å². The summed E-state index contributed by atoms with van der Waals surface area (Å²) in [5.74, 6) is 1.21. The van der Waals surface area contributed by atoms with Crippen LogP contribution in [-0.4, -0.2) is 42.5 Å². The Kier molecular flexibility index (Phi) is 6.11. The molecule has 1 aliphatic heterocycles. The molecular weight excluding hydrogens is 368 g/mol. The van der Waals surface area contributed by atoms with E-state index >= 15 is 0 Å². The molecule has 1 aliphatic rings. The van der Waals surface area contributed by atoms with Crippen LogP contribution in [0.25, 0.3) is 0 Å². The first-order valence-electron chi connectivity index (χ1n) is 9.87. The SMILES string of the molecule is CCN(CC1COc2ccccc2O1)C(=O)c1cccc(NC(=O)C(C)(C)C)c1. The number of benzene rings is 2. The molecule has 2 aromatic rings. The zero-order valence-electron chi connectivity index (χ0n) is 17.4. The Bertz CT molecular complexity index is 888. The van der Waals surface area contributed by atoms with E-state index in [0.29, 0.717) is 36.7 Å². The standard InChI is InChI=1S/C23H28N2O4/c1-5-25(14-18-15-28-19-11-6-7-12-20(19)29-18)21(26)16-9-8-10-17(13-16)24-22(27)23(2,3)4/h6-13,18H,5,14-15H2,1-4H3,(H,24,27). The smallest absolute Gasteiger partial charge is 0.254 e. The quantitative estimate of drug-likeness (QED) is 0.830. The van der Waals surface area contributed by atoms with Gasteiger partial charge in [0.05, 0.1) is 6.54 Å². The molecule has 1 heterocycles. The van der Waals surface area contributed by atoms with E-state index in [0.717, 1.165) is 5.75 Å². The molecule has 0 aromatic heterocycles. The molecule has 0 radical (unpaired) electrons. The molecule has 29 heavy (non-hydrogen) atoms. The number of nitrogens with zero attached hydrogens (tertiary/aromatic N) is 1. The molecule has 2 aromatic carbocycles. The van der Waals surface area contributed by atoms with Crippen molar-refractivity contribution in [2.24, 2.45) is 5.41 Å². The molecule has 2 amide bonds. The third-order valence-electron chi connectivity index (χ3n) is 4.71. The van der Waals surface area contributed by atoms with Crippen LogP contribution in [0.15, 0.2) is 48.5 Å². The minimum atomic E-state index is -0.510. The van der Waals surface area contributed by atoms with Gasteiger partial charge in [-0.2, -0.15) is 0 Å². The van der Waals surface area contributed by atoms with Crippen LogP contribution < -0.4 is 14.8 Å². The lowest BCUT2D eigenvalue weighted by molar-refractivity contribution is -0.123. The molecule has 1 N–H and O–H groups in total. The Balaban J connectivity index is 1.68. The third-order valence-corrected chi connectivity index (χ3v) is 4.71. The Morgan fingerprint density at radius 2 is 1.83 bits per heavy atom. The van der Waals surface area contributed by atoms with Gasteiger partial charge in [-0.1, -0.05) is 39.0 Å². The van der Waals surface area contributed by atoms with E-state index in [4.69, 9.17) is 9.47 Å². The number of hydrogen-bond acceptors (Lipinski definition) is 4. The van der Waals surface area contributed by atoms with Crippen LogP contribution in [-0.2, 0) is 4.79 Å². The average Bonchev–Trinajstić information content (AvgIpc) is 2.71. The fraction of sp³-hybridized carbons (Fsp3) is 0.391. The molecule has 1 atom stereocenters. The van der Waals surface area contributed by atoms with E-state index in [9.17, 15) is 9.59 Å². The van der Waals surface area contributed by atoms with Crippen molar-refractivity contribution in [3.63, 3.8) is 0 Å². The van der Waals surface area contributed by atoms with Crippen LogP contribution >= 0.6 is 0 Å². The van der Waals surface area contributed by atoms with Gasteiger partial charge in [0.25, 0.3) is 5.91 Å². The number of nitrogens with one attached hydrogen (secondary N) is 1. The van der Waals surface area contributed by atoms with Crippen molar-refractivity contribution in [1.82, 2.24) is 4.90 Å². The van der Waals surface area contributed by atoms with Gasteiger partial charge in [0.15, 0.2) is 17.6 Å². The molecule has 0 fully saturated rings. The Hall–Kier alpha value is -3.02. The van der Waals surface area contributed by atoms with Crippen LogP contribution in [0.1, 0.15) is 38.1 Å². The minimum Gasteiger partial charge on any atom is -0.486 e.